The van der Waals surface area contributed by atoms with Gasteiger partial charge in [-0.05, 0) is 49.2 Å². The first-order chi connectivity index (χ1) is 14.0. The second-order valence-corrected chi connectivity index (χ2v) is 6.59. The van der Waals surface area contributed by atoms with E-state index < -0.39 is 11.7 Å². The highest BCUT2D eigenvalue weighted by atomic mass is 19.1. The highest BCUT2D eigenvalue weighted by Gasteiger charge is 2.20. The Morgan fingerprint density at radius 1 is 1.14 bits per heavy atom. The molecule has 2 aromatic rings. The average molecular weight is 395 g/mol. The van der Waals surface area contributed by atoms with Crippen molar-refractivity contribution in [2.45, 2.75) is 12.8 Å². The third kappa shape index (κ3) is 4.66. The van der Waals surface area contributed by atoms with Gasteiger partial charge in [0.1, 0.15) is 29.0 Å². The van der Waals surface area contributed by atoms with Crippen molar-refractivity contribution in [1.82, 2.24) is 0 Å². The molecular weight excluding hydrogens is 373 g/mol. The Balaban J connectivity index is 1.92. The quantitative estimate of drug-likeness (QED) is 0.591. The molecule has 1 aliphatic rings. The number of nitrogens with zero attached hydrogens (tertiary/aromatic N) is 2. The molecule has 1 saturated heterocycles. The van der Waals surface area contributed by atoms with Gasteiger partial charge < -0.3 is 19.7 Å². The maximum Gasteiger partial charge on any atom is 0.266 e. The highest BCUT2D eigenvalue weighted by Crippen LogP contribution is 2.38. The lowest BCUT2D eigenvalue weighted by Gasteiger charge is -2.22. The van der Waals surface area contributed by atoms with Gasteiger partial charge in [0.2, 0.25) is 0 Å². The zero-order chi connectivity index (χ0) is 20.8. The van der Waals surface area contributed by atoms with Crippen molar-refractivity contribution in [1.29, 1.82) is 5.26 Å². The van der Waals surface area contributed by atoms with E-state index in [0.29, 0.717) is 22.7 Å². The van der Waals surface area contributed by atoms with Crippen LogP contribution in [-0.4, -0.2) is 33.2 Å². The van der Waals surface area contributed by atoms with Gasteiger partial charge in [-0.25, -0.2) is 4.39 Å². The van der Waals surface area contributed by atoms with E-state index in [1.54, 1.807) is 13.2 Å². The summed E-state index contributed by atoms with van der Waals surface area (Å²) in [6.45, 7) is 1.89. The molecule has 6 nitrogen and oxygen atoms in total. The van der Waals surface area contributed by atoms with E-state index in [2.05, 4.69) is 10.2 Å². The number of carbonyl (C=O) groups excluding carboxylic acids is 1. The molecule has 0 atom stereocenters. The lowest BCUT2D eigenvalue weighted by molar-refractivity contribution is -0.112. The Kier molecular flexibility index (Phi) is 6.35. The van der Waals surface area contributed by atoms with Crippen LogP contribution in [0, 0.1) is 17.1 Å². The number of rotatable bonds is 6. The summed E-state index contributed by atoms with van der Waals surface area (Å²) in [5.74, 6) is 0.183. The fourth-order valence-corrected chi connectivity index (χ4v) is 3.26. The molecule has 1 heterocycles. The first-order valence-electron chi connectivity index (χ1n) is 9.25. The number of nitriles is 1. The fraction of sp³-hybridized carbons (Fsp3) is 0.273. The van der Waals surface area contributed by atoms with Crippen LogP contribution in [0.4, 0.5) is 15.8 Å². The first-order valence-corrected chi connectivity index (χ1v) is 9.25. The molecule has 0 aromatic heterocycles. The summed E-state index contributed by atoms with van der Waals surface area (Å²) in [5.41, 5.74) is 1.77. The molecule has 0 spiro atoms. The van der Waals surface area contributed by atoms with Gasteiger partial charge in [0, 0.05) is 30.4 Å². The van der Waals surface area contributed by atoms with Gasteiger partial charge in [-0.3, -0.25) is 4.79 Å². The van der Waals surface area contributed by atoms with E-state index in [1.807, 2.05) is 12.1 Å². The number of methoxy groups -OCH3 is 2. The van der Waals surface area contributed by atoms with Crippen LogP contribution in [0.3, 0.4) is 0 Å². The molecule has 1 N–H and O–H groups in total. The SMILES string of the molecule is COc1cc(N2CCCC2)c(OC)cc1/C=C(/C#N)C(=O)Nc1ccc(F)cc1. The summed E-state index contributed by atoms with van der Waals surface area (Å²) in [6.07, 6.45) is 3.69. The smallest absolute Gasteiger partial charge is 0.266 e. The number of nitrogens with one attached hydrogen (secondary N) is 1. The maximum atomic E-state index is 13.0. The molecule has 29 heavy (non-hydrogen) atoms. The molecule has 1 fully saturated rings. The summed E-state index contributed by atoms with van der Waals surface area (Å²) in [5, 5.41) is 12.1. The van der Waals surface area contributed by atoms with Crippen LogP contribution in [-0.2, 0) is 4.79 Å². The molecule has 1 aliphatic heterocycles. The molecule has 0 saturated carbocycles. The van der Waals surface area contributed by atoms with Crippen molar-refractivity contribution >= 4 is 23.4 Å². The van der Waals surface area contributed by atoms with Gasteiger partial charge >= 0.3 is 0 Å². The van der Waals surface area contributed by atoms with Crippen molar-refractivity contribution in [2.75, 3.05) is 37.5 Å². The molecule has 150 valence electrons. The summed E-state index contributed by atoms with van der Waals surface area (Å²) in [6, 6.07) is 10.9. The third-order valence-corrected chi connectivity index (χ3v) is 4.74. The summed E-state index contributed by atoms with van der Waals surface area (Å²) in [7, 11) is 3.12. The van der Waals surface area contributed by atoms with Gasteiger partial charge in [0.25, 0.3) is 5.91 Å². The van der Waals surface area contributed by atoms with Crippen molar-refractivity contribution in [2.24, 2.45) is 0 Å². The Hall–Kier alpha value is -3.53. The topological polar surface area (TPSA) is 74.6 Å². The number of carbonyl (C=O) groups is 1. The van der Waals surface area contributed by atoms with Crippen molar-refractivity contribution in [3.05, 3.63) is 53.4 Å². The van der Waals surface area contributed by atoms with Crippen LogP contribution in [0.25, 0.3) is 6.08 Å². The minimum atomic E-state index is -0.594. The number of halogens is 1. The number of hydrogen-bond acceptors (Lipinski definition) is 5. The Morgan fingerprint density at radius 2 is 1.79 bits per heavy atom. The highest BCUT2D eigenvalue weighted by molar-refractivity contribution is 6.09. The Labute approximate surface area is 169 Å². The van der Waals surface area contributed by atoms with Crippen LogP contribution < -0.4 is 19.7 Å². The predicted octanol–water partition coefficient (Wildman–Crippen LogP) is 3.99. The van der Waals surface area contributed by atoms with Crippen LogP contribution in [0.1, 0.15) is 18.4 Å². The van der Waals surface area contributed by atoms with Gasteiger partial charge in [-0.2, -0.15) is 5.26 Å². The normalized spacial score (nSPS) is 13.7. The second kappa shape index (κ2) is 9.11. The molecule has 0 radical (unpaired) electrons. The average Bonchev–Trinajstić information content (AvgIpc) is 3.27. The van der Waals surface area contributed by atoms with Crippen LogP contribution in [0.5, 0.6) is 11.5 Å². The van der Waals surface area contributed by atoms with E-state index in [0.717, 1.165) is 31.6 Å². The van der Waals surface area contributed by atoms with E-state index in [4.69, 9.17) is 9.47 Å². The predicted molar refractivity (Wildman–Crippen MR) is 110 cm³/mol. The third-order valence-electron chi connectivity index (χ3n) is 4.74. The van der Waals surface area contributed by atoms with Crippen molar-refractivity contribution in [3.63, 3.8) is 0 Å². The number of amides is 1. The minimum Gasteiger partial charge on any atom is -0.496 e. The fourth-order valence-electron chi connectivity index (χ4n) is 3.26. The number of anilines is 2. The van der Waals surface area contributed by atoms with Gasteiger partial charge in [0.15, 0.2) is 0 Å². The summed E-state index contributed by atoms with van der Waals surface area (Å²) < 4.78 is 24.1. The van der Waals surface area contributed by atoms with Gasteiger partial charge in [0.05, 0.1) is 19.9 Å². The van der Waals surface area contributed by atoms with Gasteiger partial charge in [-0.15, -0.1) is 0 Å². The number of ether oxygens (including phenoxy) is 2. The second-order valence-electron chi connectivity index (χ2n) is 6.59. The molecule has 2 aromatic carbocycles. The van der Waals surface area contributed by atoms with E-state index in [9.17, 15) is 14.4 Å². The first kappa shape index (κ1) is 20.2. The van der Waals surface area contributed by atoms with Crippen molar-refractivity contribution in [3.8, 4) is 17.6 Å². The van der Waals surface area contributed by atoms with Gasteiger partial charge in [-0.1, -0.05) is 0 Å². The van der Waals surface area contributed by atoms with Crippen LogP contribution in [0.15, 0.2) is 42.0 Å². The lowest BCUT2D eigenvalue weighted by Crippen LogP contribution is -2.18. The largest absolute Gasteiger partial charge is 0.496 e. The lowest BCUT2D eigenvalue weighted by atomic mass is 10.1. The Bertz CT molecular complexity index is 959. The van der Waals surface area contributed by atoms with Crippen LogP contribution >= 0.6 is 0 Å². The van der Waals surface area contributed by atoms with Crippen LogP contribution in [0.2, 0.25) is 0 Å². The maximum absolute atomic E-state index is 13.0. The zero-order valence-electron chi connectivity index (χ0n) is 16.4. The monoisotopic (exact) mass is 395 g/mol. The Morgan fingerprint density at radius 3 is 2.38 bits per heavy atom. The molecule has 3 rings (SSSR count). The van der Waals surface area contributed by atoms with E-state index in [-0.39, 0.29) is 5.57 Å². The molecule has 0 unspecified atom stereocenters. The standard InChI is InChI=1S/C22H22FN3O3/c1-28-20-13-19(26-9-3-4-10-26)21(29-2)12-15(20)11-16(14-24)22(27)25-18-7-5-17(23)6-8-18/h5-8,11-13H,3-4,9-10H2,1-2H3,(H,25,27)/b16-11-. The molecular formula is C22H22FN3O3. The molecule has 7 heteroatoms. The van der Waals surface area contributed by atoms with E-state index >= 15 is 0 Å². The molecule has 1 amide bonds. The molecule has 0 bridgehead atoms. The number of hydrogen-bond donors (Lipinski definition) is 1. The minimum absolute atomic E-state index is 0.108. The molecule has 0 aliphatic carbocycles. The van der Waals surface area contributed by atoms with Crippen molar-refractivity contribution < 1.29 is 18.7 Å². The summed E-state index contributed by atoms with van der Waals surface area (Å²) >= 11 is 0. The van der Waals surface area contributed by atoms with E-state index in [1.165, 1.54) is 37.5 Å². The summed E-state index contributed by atoms with van der Waals surface area (Å²) in [4.78, 5) is 14.7. The zero-order valence-corrected chi connectivity index (χ0v) is 16.4. The number of benzene rings is 2.